The molecular weight excluding hydrogens is 457 g/mol. The molecule has 2 aromatic carbocycles. The predicted octanol–water partition coefficient (Wildman–Crippen LogP) is 3.30. The first-order valence-corrected chi connectivity index (χ1v) is 12.9. The van der Waals surface area contributed by atoms with Crippen LogP contribution in [0.1, 0.15) is 37.7 Å². The van der Waals surface area contributed by atoms with Crippen LogP contribution < -0.4 is 15.5 Å². The lowest BCUT2D eigenvalue weighted by molar-refractivity contribution is -0.123. The van der Waals surface area contributed by atoms with Crippen molar-refractivity contribution in [2.75, 3.05) is 28.3 Å². The van der Waals surface area contributed by atoms with E-state index in [2.05, 4.69) is 10.6 Å². The number of hydrogen-bond donors (Lipinski definition) is 2. The number of hydrogen-bond acceptors (Lipinski definition) is 4. The van der Waals surface area contributed by atoms with Gasteiger partial charge in [0, 0.05) is 22.5 Å². The monoisotopic (exact) mass is 487 g/mol. The first kappa shape index (κ1) is 25.6. The van der Waals surface area contributed by atoms with E-state index in [-0.39, 0.29) is 24.0 Å². The Bertz CT molecular complexity index is 1040. The molecule has 0 saturated heterocycles. The first-order valence-electron chi connectivity index (χ1n) is 11.4. The molecule has 7 nitrogen and oxygen atoms in total. The number of nitrogens with one attached hydrogen (secondary N) is 2. The molecule has 1 aliphatic rings. The van der Waals surface area contributed by atoms with Crippen LogP contribution in [0.25, 0.3) is 0 Å². The number of carbonyl (C=O) groups excluding carboxylic acids is 3. The summed E-state index contributed by atoms with van der Waals surface area (Å²) in [6, 6.07) is 12.8. The molecule has 0 heterocycles. The van der Waals surface area contributed by atoms with Crippen molar-refractivity contribution in [2.45, 2.75) is 45.1 Å². The van der Waals surface area contributed by atoms with Gasteiger partial charge in [0.25, 0.3) is 0 Å². The molecule has 1 atom stereocenters. The van der Waals surface area contributed by atoms with Crippen LogP contribution in [0.2, 0.25) is 0 Å². The molecule has 1 fully saturated rings. The number of amides is 3. The smallest absolute Gasteiger partial charge is 0.240 e. The Labute approximate surface area is 201 Å². The van der Waals surface area contributed by atoms with E-state index in [1.54, 1.807) is 18.2 Å². The van der Waals surface area contributed by atoms with Crippen molar-refractivity contribution < 1.29 is 23.0 Å². The van der Waals surface area contributed by atoms with Crippen molar-refractivity contribution >= 4 is 39.9 Å². The van der Waals surface area contributed by atoms with Crippen LogP contribution in [-0.2, 0) is 25.2 Å². The Morgan fingerprint density at radius 2 is 1.65 bits per heavy atom. The quantitative estimate of drug-likeness (QED) is 0.567. The molecular formula is C25H30FN3O4S. The molecule has 1 saturated carbocycles. The number of carbonyl (C=O) groups is 3. The van der Waals surface area contributed by atoms with Gasteiger partial charge in [0.1, 0.15) is 23.9 Å². The van der Waals surface area contributed by atoms with E-state index in [0.29, 0.717) is 5.69 Å². The molecule has 3 rings (SSSR count). The summed E-state index contributed by atoms with van der Waals surface area (Å²) in [4.78, 5) is 38.8. The highest BCUT2D eigenvalue weighted by Crippen LogP contribution is 2.20. The molecule has 0 bridgehead atoms. The summed E-state index contributed by atoms with van der Waals surface area (Å²) in [5.74, 6) is -3.14. The Kier molecular flexibility index (Phi) is 9.33. The lowest BCUT2D eigenvalue weighted by Gasteiger charge is -2.26. The summed E-state index contributed by atoms with van der Waals surface area (Å²) in [5, 5.41) is 5.55. The lowest BCUT2D eigenvalue weighted by atomic mass is 9.95. The van der Waals surface area contributed by atoms with Gasteiger partial charge in [-0.25, -0.2) is 4.39 Å². The zero-order valence-corrected chi connectivity index (χ0v) is 20.0. The number of halogens is 1. The summed E-state index contributed by atoms with van der Waals surface area (Å²) in [6.07, 6.45) is 4.95. The van der Waals surface area contributed by atoms with Gasteiger partial charge in [-0.3, -0.25) is 23.5 Å². The van der Waals surface area contributed by atoms with Gasteiger partial charge in [-0.15, -0.1) is 0 Å². The third-order valence-electron chi connectivity index (χ3n) is 5.63. The third kappa shape index (κ3) is 7.76. The van der Waals surface area contributed by atoms with Crippen molar-refractivity contribution in [2.24, 2.45) is 0 Å². The van der Waals surface area contributed by atoms with Crippen molar-refractivity contribution in [1.82, 2.24) is 5.32 Å². The lowest BCUT2D eigenvalue weighted by Crippen LogP contribution is -2.46. The highest BCUT2D eigenvalue weighted by atomic mass is 32.2. The molecule has 0 aliphatic heterocycles. The van der Waals surface area contributed by atoms with E-state index in [0.717, 1.165) is 42.6 Å². The summed E-state index contributed by atoms with van der Waals surface area (Å²) in [6.45, 7) is 1.53. The van der Waals surface area contributed by atoms with Crippen molar-refractivity contribution in [1.29, 1.82) is 0 Å². The molecule has 2 aromatic rings. The maximum absolute atomic E-state index is 14.5. The molecule has 0 unspecified atom stereocenters. The van der Waals surface area contributed by atoms with Crippen LogP contribution in [0.5, 0.6) is 0 Å². The molecule has 3 amide bonds. The highest BCUT2D eigenvalue weighted by molar-refractivity contribution is 7.86. The van der Waals surface area contributed by atoms with Gasteiger partial charge in [0.2, 0.25) is 17.7 Å². The fourth-order valence-corrected chi connectivity index (χ4v) is 4.79. The van der Waals surface area contributed by atoms with Crippen LogP contribution >= 0.6 is 0 Å². The van der Waals surface area contributed by atoms with Gasteiger partial charge < -0.3 is 10.6 Å². The van der Waals surface area contributed by atoms with Crippen LogP contribution in [-0.4, -0.2) is 46.0 Å². The Hall–Kier alpha value is -3.07. The minimum Gasteiger partial charge on any atom is -0.352 e. The molecule has 0 radical (unpaired) electrons. The SMILES string of the molecule is Cc1ccc(NC(=O)C[S@](=O)CC(=O)N(CC(=O)NC2CCCCC2)c2ccccc2F)cc1. The van der Waals surface area contributed by atoms with Crippen LogP contribution in [0.15, 0.2) is 48.5 Å². The highest BCUT2D eigenvalue weighted by Gasteiger charge is 2.25. The zero-order chi connectivity index (χ0) is 24.5. The van der Waals surface area contributed by atoms with Gasteiger partial charge in [-0.2, -0.15) is 0 Å². The largest absolute Gasteiger partial charge is 0.352 e. The molecule has 0 spiro atoms. The Morgan fingerprint density at radius 1 is 0.971 bits per heavy atom. The summed E-state index contributed by atoms with van der Waals surface area (Å²) in [7, 11) is -1.84. The summed E-state index contributed by atoms with van der Waals surface area (Å²) < 4.78 is 27.0. The fraction of sp³-hybridized carbons (Fsp3) is 0.400. The van der Waals surface area contributed by atoms with E-state index in [1.807, 2.05) is 19.1 Å². The van der Waals surface area contributed by atoms with Gasteiger partial charge in [-0.1, -0.05) is 49.1 Å². The van der Waals surface area contributed by atoms with Crippen LogP contribution in [0.3, 0.4) is 0 Å². The van der Waals surface area contributed by atoms with E-state index < -0.39 is 40.1 Å². The second-order valence-corrected chi connectivity index (χ2v) is 9.93. The summed E-state index contributed by atoms with van der Waals surface area (Å²) >= 11 is 0. The normalized spacial score (nSPS) is 14.8. The van der Waals surface area contributed by atoms with Gasteiger partial charge >= 0.3 is 0 Å². The first-order chi connectivity index (χ1) is 16.3. The minimum absolute atomic E-state index is 0.0402. The van der Waals surface area contributed by atoms with E-state index in [9.17, 15) is 23.0 Å². The van der Waals surface area contributed by atoms with E-state index >= 15 is 0 Å². The molecule has 1 aliphatic carbocycles. The topological polar surface area (TPSA) is 95.6 Å². The van der Waals surface area contributed by atoms with Gasteiger partial charge in [0.15, 0.2) is 0 Å². The van der Waals surface area contributed by atoms with Crippen molar-refractivity contribution in [3.63, 3.8) is 0 Å². The predicted molar refractivity (Wildman–Crippen MR) is 131 cm³/mol. The number of rotatable bonds is 9. The Balaban J connectivity index is 1.62. The molecule has 182 valence electrons. The summed E-state index contributed by atoms with van der Waals surface area (Å²) in [5.41, 5.74) is 1.53. The number of benzene rings is 2. The fourth-order valence-electron chi connectivity index (χ4n) is 3.89. The average Bonchev–Trinajstić information content (AvgIpc) is 2.80. The standard InChI is InChI=1S/C25H30FN3O4S/c1-18-11-13-20(14-12-18)28-24(31)16-34(33)17-25(32)29(22-10-6-5-9-21(22)26)15-23(30)27-19-7-3-2-4-8-19/h5-6,9-14,19H,2-4,7-8,15-17H2,1H3,(H,27,30)(H,28,31)/t34-/m0/s1. The second-order valence-electron chi connectivity index (χ2n) is 8.48. The third-order valence-corrected chi connectivity index (χ3v) is 6.78. The van der Waals surface area contributed by atoms with Crippen molar-refractivity contribution in [3.8, 4) is 0 Å². The molecule has 0 aromatic heterocycles. The molecule has 34 heavy (non-hydrogen) atoms. The van der Waals surface area contributed by atoms with Crippen LogP contribution in [0.4, 0.5) is 15.8 Å². The molecule has 2 N–H and O–H groups in total. The van der Waals surface area contributed by atoms with Crippen LogP contribution in [0, 0.1) is 12.7 Å². The van der Waals surface area contributed by atoms with Crippen molar-refractivity contribution in [3.05, 3.63) is 59.9 Å². The average molecular weight is 488 g/mol. The van der Waals surface area contributed by atoms with E-state index in [4.69, 9.17) is 0 Å². The number of nitrogens with zero attached hydrogens (tertiary/aromatic N) is 1. The maximum atomic E-state index is 14.5. The van der Waals surface area contributed by atoms with Gasteiger partial charge in [-0.05, 0) is 44.0 Å². The maximum Gasteiger partial charge on any atom is 0.240 e. The number of anilines is 2. The second kappa shape index (κ2) is 12.4. The van der Waals surface area contributed by atoms with E-state index in [1.165, 1.54) is 18.2 Å². The molecule has 9 heteroatoms. The minimum atomic E-state index is -1.84. The number of aryl methyl sites for hydroxylation is 1. The zero-order valence-electron chi connectivity index (χ0n) is 19.2. The Morgan fingerprint density at radius 3 is 2.32 bits per heavy atom. The van der Waals surface area contributed by atoms with Gasteiger partial charge in [0.05, 0.1) is 5.69 Å². The number of para-hydroxylation sites is 1.